The first-order valence-electron chi connectivity index (χ1n) is 12.0. The van der Waals surface area contributed by atoms with Gasteiger partial charge in [0.2, 0.25) is 5.92 Å². The summed E-state index contributed by atoms with van der Waals surface area (Å²) in [5.74, 6) is -1.79. The van der Waals surface area contributed by atoms with E-state index in [2.05, 4.69) is 23.6 Å². The molecule has 0 radical (unpaired) electrons. The molecule has 0 unspecified atom stereocenters. The van der Waals surface area contributed by atoms with Crippen LogP contribution in [-0.4, -0.2) is 78.9 Å². The quantitative estimate of drug-likeness (QED) is 0.669. The van der Waals surface area contributed by atoms with Crippen LogP contribution in [0.1, 0.15) is 71.6 Å². The van der Waals surface area contributed by atoms with Crippen LogP contribution < -0.4 is 0 Å². The Bertz CT molecular complexity index is 517. The maximum atomic E-state index is 14.1. The molecule has 4 aliphatic rings. The predicted octanol–water partition coefficient (Wildman–Crippen LogP) is 4.32. The van der Waals surface area contributed by atoms with Gasteiger partial charge in [-0.3, -0.25) is 4.90 Å². The van der Waals surface area contributed by atoms with Gasteiger partial charge in [-0.15, -0.1) is 0 Å². The van der Waals surface area contributed by atoms with Crippen molar-refractivity contribution < 1.29 is 18.3 Å². The Morgan fingerprint density at radius 2 is 1.69 bits per heavy atom. The maximum Gasteiger partial charge on any atom is 0.249 e. The number of ether oxygens (including phenoxy) is 2. The first kappa shape index (κ1) is 21.9. The summed E-state index contributed by atoms with van der Waals surface area (Å²) in [6, 6.07) is 1.08. The Morgan fingerprint density at radius 1 is 0.966 bits per heavy atom. The Morgan fingerprint density at radius 3 is 2.38 bits per heavy atom. The molecule has 6 heteroatoms. The summed E-state index contributed by atoms with van der Waals surface area (Å²) >= 11 is 0. The second-order valence-corrected chi connectivity index (χ2v) is 10.1. The Kier molecular flexibility index (Phi) is 7.14. The molecule has 0 amide bonds. The topological polar surface area (TPSA) is 24.9 Å². The molecule has 4 fully saturated rings. The lowest BCUT2D eigenvalue weighted by atomic mass is 9.84. The molecule has 0 aromatic rings. The lowest BCUT2D eigenvalue weighted by molar-refractivity contribution is -0.162. The van der Waals surface area contributed by atoms with Gasteiger partial charge in [-0.1, -0.05) is 0 Å². The number of hydrogen-bond acceptors (Lipinski definition) is 4. The van der Waals surface area contributed by atoms with E-state index in [1.807, 2.05) is 0 Å². The van der Waals surface area contributed by atoms with Crippen LogP contribution >= 0.6 is 0 Å². The van der Waals surface area contributed by atoms with Gasteiger partial charge in [-0.25, -0.2) is 8.78 Å². The zero-order valence-corrected chi connectivity index (χ0v) is 18.3. The fraction of sp³-hybridized carbons (Fsp3) is 1.00. The van der Waals surface area contributed by atoms with Crippen molar-refractivity contribution in [3.05, 3.63) is 0 Å². The highest BCUT2D eigenvalue weighted by Crippen LogP contribution is 2.40. The molecule has 2 heterocycles. The van der Waals surface area contributed by atoms with Crippen molar-refractivity contribution in [2.75, 3.05) is 32.8 Å². The van der Waals surface area contributed by atoms with Crippen LogP contribution in [0, 0.1) is 5.92 Å². The molecule has 2 saturated carbocycles. The average Bonchev–Trinajstić information content (AvgIpc) is 2.72. The lowest BCUT2D eigenvalue weighted by Crippen LogP contribution is -2.61. The highest BCUT2D eigenvalue weighted by atomic mass is 19.3. The summed E-state index contributed by atoms with van der Waals surface area (Å²) in [4.78, 5) is 5.09. The van der Waals surface area contributed by atoms with E-state index in [9.17, 15) is 8.78 Å². The third-order valence-electron chi connectivity index (χ3n) is 7.80. The minimum atomic E-state index is -2.52. The second kappa shape index (κ2) is 9.46. The van der Waals surface area contributed by atoms with Crippen molar-refractivity contribution in [3.63, 3.8) is 0 Å². The number of morpholine rings is 1. The minimum absolute atomic E-state index is 0.00860. The van der Waals surface area contributed by atoms with E-state index in [1.54, 1.807) is 0 Å². The number of piperidine rings is 1. The first-order chi connectivity index (χ1) is 13.9. The van der Waals surface area contributed by atoms with E-state index in [1.165, 1.54) is 25.7 Å². The second-order valence-electron chi connectivity index (χ2n) is 10.1. The molecule has 2 saturated heterocycles. The summed E-state index contributed by atoms with van der Waals surface area (Å²) in [5.41, 5.74) is 0. The van der Waals surface area contributed by atoms with E-state index in [-0.39, 0.29) is 25.0 Å². The molecule has 168 valence electrons. The fourth-order valence-electron chi connectivity index (χ4n) is 6.13. The van der Waals surface area contributed by atoms with Crippen molar-refractivity contribution in [2.24, 2.45) is 5.92 Å². The van der Waals surface area contributed by atoms with Gasteiger partial charge in [0.25, 0.3) is 0 Å². The average molecular weight is 415 g/mol. The standard InChI is InChI=1S/C23H40F2N2O2/c1-17(2)29-16-18-3-5-19(6-4-18)26-11-8-20(9-12-26)27-13-14-28-22-7-10-23(24,25)15-21(22)27/h17-22H,3-16H2,1-2H3/t18?,19?,21-,22-/m0/s1. The lowest BCUT2D eigenvalue weighted by Gasteiger charge is -2.51. The van der Waals surface area contributed by atoms with Crippen molar-refractivity contribution in [3.8, 4) is 0 Å². The van der Waals surface area contributed by atoms with E-state index in [0.29, 0.717) is 31.2 Å². The fourth-order valence-corrected chi connectivity index (χ4v) is 6.13. The van der Waals surface area contributed by atoms with Gasteiger partial charge in [0.05, 0.1) is 18.8 Å². The zero-order valence-electron chi connectivity index (χ0n) is 18.3. The van der Waals surface area contributed by atoms with Gasteiger partial charge in [0, 0.05) is 44.1 Å². The molecule has 29 heavy (non-hydrogen) atoms. The highest BCUT2D eigenvalue weighted by molar-refractivity contribution is 4.97. The van der Waals surface area contributed by atoms with Gasteiger partial charge in [0.15, 0.2) is 0 Å². The molecular formula is C23H40F2N2O2. The molecule has 2 aliphatic carbocycles. The summed E-state index contributed by atoms with van der Waals surface area (Å²) in [7, 11) is 0. The van der Waals surface area contributed by atoms with E-state index in [0.717, 1.165) is 45.0 Å². The number of hydrogen-bond donors (Lipinski definition) is 0. The predicted molar refractivity (Wildman–Crippen MR) is 110 cm³/mol. The van der Waals surface area contributed by atoms with Crippen molar-refractivity contribution >= 4 is 0 Å². The normalized spacial score (nSPS) is 37.6. The Balaban J connectivity index is 1.24. The molecule has 4 rings (SSSR count). The molecule has 0 bridgehead atoms. The maximum absolute atomic E-state index is 14.1. The molecule has 2 aliphatic heterocycles. The summed E-state index contributed by atoms with van der Waals surface area (Å²) in [6.07, 6.45) is 8.19. The van der Waals surface area contributed by atoms with Crippen LogP contribution in [0.15, 0.2) is 0 Å². The number of rotatable bonds is 5. The molecule has 0 aromatic carbocycles. The van der Waals surface area contributed by atoms with E-state index in [4.69, 9.17) is 9.47 Å². The van der Waals surface area contributed by atoms with Crippen LogP contribution in [0.25, 0.3) is 0 Å². The summed E-state index contributed by atoms with van der Waals surface area (Å²) in [5, 5.41) is 0. The number of nitrogens with zero attached hydrogens (tertiary/aromatic N) is 2. The van der Waals surface area contributed by atoms with E-state index >= 15 is 0 Å². The minimum Gasteiger partial charge on any atom is -0.379 e. The Labute approximate surface area is 175 Å². The molecule has 0 spiro atoms. The SMILES string of the molecule is CC(C)OCC1CCC(N2CCC(N3CCO[C@H]4CCC(F)(F)C[C@@H]43)CC2)CC1. The molecule has 0 aromatic heterocycles. The zero-order chi connectivity index (χ0) is 20.4. The summed E-state index contributed by atoms with van der Waals surface area (Å²) < 4.78 is 39.8. The summed E-state index contributed by atoms with van der Waals surface area (Å²) in [6.45, 7) is 8.90. The monoisotopic (exact) mass is 414 g/mol. The van der Waals surface area contributed by atoms with Gasteiger partial charge in [-0.05, 0) is 77.8 Å². The van der Waals surface area contributed by atoms with Crippen LogP contribution in [0.4, 0.5) is 8.78 Å². The van der Waals surface area contributed by atoms with Crippen LogP contribution in [0.2, 0.25) is 0 Å². The number of halogens is 2. The number of fused-ring (bicyclic) bond motifs is 1. The highest BCUT2D eigenvalue weighted by Gasteiger charge is 2.47. The Hall–Kier alpha value is -0.300. The third-order valence-corrected chi connectivity index (χ3v) is 7.80. The van der Waals surface area contributed by atoms with Crippen molar-refractivity contribution in [1.82, 2.24) is 9.80 Å². The third kappa shape index (κ3) is 5.50. The largest absolute Gasteiger partial charge is 0.379 e. The van der Waals surface area contributed by atoms with Crippen molar-refractivity contribution in [2.45, 2.75) is 108 Å². The molecule has 2 atom stereocenters. The molecular weight excluding hydrogens is 374 g/mol. The van der Waals surface area contributed by atoms with Crippen LogP contribution in [0.5, 0.6) is 0 Å². The van der Waals surface area contributed by atoms with Gasteiger partial charge in [-0.2, -0.15) is 0 Å². The van der Waals surface area contributed by atoms with Crippen LogP contribution in [0.3, 0.4) is 0 Å². The number of alkyl halides is 2. The smallest absolute Gasteiger partial charge is 0.249 e. The molecule has 4 nitrogen and oxygen atoms in total. The van der Waals surface area contributed by atoms with Gasteiger partial charge < -0.3 is 14.4 Å². The van der Waals surface area contributed by atoms with Gasteiger partial charge in [0.1, 0.15) is 0 Å². The van der Waals surface area contributed by atoms with Crippen LogP contribution in [-0.2, 0) is 9.47 Å². The van der Waals surface area contributed by atoms with E-state index < -0.39 is 5.92 Å². The first-order valence-corrected chi connectivity index (χ1v) is 12.0. The number of likely N-dealkylation sites (tertiary alicyclic amines) is 1. The van der Waals surface area contributed by atoms with Gasteiger partial charge >= 0.3 is 0 Å². The van der Waals surface area contributed by atoms with Crippen molar-refractivity contribution in [1.29, 1.82) is 0 Å². The molecule has 0 N–H and O–H groups in total.